The van der Waals surface area contributed by atoms with Crippen LogP contribution in [-0.2, 0) is 4.74 Å². The highest BCUT2D eigenvalue weighted by Gasteiger charge is 2.19. The minimum atomic E-state index is 0.199. The van der Waals surface area contributed by atoms with Crippen LogP contribution >= 0.6 is 0 Å². The molecule has 1 N–H and O–H groups in total. The first-order valence-electron chi connectivity index (χ1n) is 6.15. The predicted molar refractivity (Wildman–Crippen MR) is 67.5 cm³/mol. The molecule has 5 nitrogen and oxygen atoms in total. The van der Waals surface area contributed by atoms with E-state index in [-0.39, 0.29) is 6.04 Å². The minimum absolute atomic E-state index is 0.199. The van der Waals surface area contributed by atoms with Crippen LogP contribution in [-0.4, -0.2) is 31.8 Å². The lowest BCUT2D eigenvalue weighted by Crippen LogP contribution is -2.36. The topological polar surface area (TPSA) is 70.0 Å². The van der Waals surface area contributed by atoms with Gasteiger partial charge in [0.2, 0.25) is 0 Å². The number of nitrogens with one attached hydrogen (secondary N) is 1. The molecular formula is C12H20N4O. The second kappa shape index (κ2) is 8.89. The van der Waals surface area contributed by atoms with Gasteiger partial charge in [-0.2, -0.15) is 0 Å². The summed E-state index contributed by atoms with van der Waals surface area (Å²) in [6, 6.07) is 0.737. The number of nitrogens with zero attached hydrogens (tertiary/aromatic N) is 3. The Bertz CT molecular complexity index is 285. The van der Waals surface area contributed by atoms with Crippen molar-refractivity contribution in [3.63, 3.8) is 0 Å². The Hall–Kier alpha value is -1.21. The summed E-state index contributed by atoms with van der Waals surface area (Å²) in [5.41, 5.74) is 8.34. The van der Waals surface area contributed by atoms with E-state index in [4.69, 9.17) is 16.7 Å². The zero-order valence-electron chi connectivity index (χ0n) is 10.1. The lowest BCUT2D eigenvalue weighted by atomic mass is 9.92. The van der Waals surface area contributed by atoms with Gasteiger partial charge in [-0.25, -0.2) is 0 Å². The average molecular weight is 236 g/mol. The molecule has 0 heterocycles. The van der Waals surface area contributed by atoms with Gasteiger partial charge in [-0.05, 0) is 31.2 Å². The Labute approximate surface area is 103 Å². The van der Waals surface area contributed by atoms with Gasteiger partial charge in [0, 0.05) is 30.0 Å². The van der Waals surface area contributed by atoms with E-state index in [1.165, 1.54) is 0 Å². The van der Waals surface area contributed by atoms with E-state index in [0.717, 1.165) is 32.2 Å². The molecule has 0 atom stereocenters. The first kappa shape index (κ1) is 13.9. The second-order valence-electron chi connectivity index (χ2n) is 4.23. The smallest absolute Gasteiger partial charge is 0.0591 e. The van der Waals surface area contributed by atoms with Gasteiger partial charge in [0.05, 0.1) is 13.2 Å². The van der Waals surface area contributed by atoms with Gasteiger partial charge in [-0.15, -0.1) is 12.3 Å². The maximum Gasteiger partial charge on any atom is 0.0591 e. The Morgan fingerprint density at radius 2 is 2.12 bits per heavy atom. The van der Waals surface area contributed by atoms with Crippen molar-refractivity contribution in [2.24, 2.45) is 5.11 Å². The van der Waals surface area contributed by atoms with Gasteiger partial charge >= 0.3 is 0 Å². The SMILES string of the molecule is C#CCCOCCN[C@H]1CC[C@@H](N=[N+]=[N-])CC1. The average Bonchev–Trinajstić information content (AvgIpc) is 2.36. The summed E-state index contributed by atoms with van der Waals surface area (Å²) in [6.07, 6.45) is 9.92. The summed E-state index contributed by atoms with van der Waals surface area (Å²) in [7, 11) is 0. The van der Waals surface area contributed by atoms with Crippen molar-refractivity contribution >= 4 is 0 Å². The molecule has 94 valence electrons. The number of ether oxygens (including phenoxy) is 1. The summed E-state index contributed by atoms with van der Waals surface area (Å²) >= 11 is 0. The molecule has 0 aromatic rings. The summed E-state index contributed by atoms with van der Waals surface area (Å²) < 4.78 is 5.35. The van der Waals surface area contributed by atoms with Crippen LogP contribution in [0, 0.1) is 12.3 Å². The molecule has 5 heteroatoms. The zero-order chi connectivity index (χ0) is 12.3. The minimum Gasteiger partial charge on any atom is -0.379 e. The molecule has 1 aliphatic carbocycles. The Morgan fingerprint density at radius 1 is 1.35 bits per heavy atom. The summed E-state index contributed by atoms with van der Waals surface area (Å²) in [5.74, 6) is 2.54. The Balaban J connectivity index is 1.99. The third kappa shape index (κ3) is 6.18. The fraction of sp³-hybridized carbons (Fsp3) is 0.833. The maximum atomic E-state index is 8.34. The van der Waals surface area contributed by atoms with Crippen LogP contribution < -0.4 is 5.32 Å². The molecule has 0 bridgehead atoms. The quantitative estimate of drug-likeness (QED) is 0.242. The molecular weight excluding hydrogens is 216 g/mol. The lowest BCUT2D eigenvalue weighted by Gasteiger charge is -2.26. The highest BCUT2D eigenvalue weighted by molar-refractivity contribution is 4.83. The van der Waals surface area contributed by atoms with E-state index < -0.39 is 0 Å². The number of hydrogen-bond donors (Lipinski definition) is 1. The van der Waals surface area contributed by atoms with Crippen molar-refractivity contribution in [2.75, 3.05) is 19.8 Å². The highest BCUT2D eigenvalue weighted by atomic mass is 16.5. The first-order valence-corrected chi connectivity index (χ1v) is 6.15. The van der Waals surface area contributed by atoms with E-state index in [0.29, 0.717) is 25.7 Å². The normalized spacial score (nSPS) is 23.7. The van der Waals surface area contributed by atoms with Crippen LogP contribution in [0.2, 0.25) is 0 Å². The molecule has 0 aromatic carbocycles. The van der Waals surface area contributed by atoms with Gasteiger partial charge in [0.1, 0.15) is 0 Å². The monoisotopic (exact) mass is 236 g/mol. The van der Waals surface area contributed by atoms with Gasteiger partial charge in [-0.3, -0.25) is 0 Å². The molecule has 0 saturated heterocycles. The molecule has 0 unspecified atom stereocenters. The largest absolute Gasteiger partial charge is 0.379 e. The van der Waals surface area contributed by atoms with Gasteiger partial charge in [-0.1, -0.05) is 5.11 Å². The fourth-order valence-corrected chi connectivity index (χ4v) is 2.04. The van der Waals surface area contributed by atoms with Crippen molar-refractivity contribution in [1.29, 1.82) is 0 Å². The molecule has 1 rings (SSSR count). The molecule has 1 aliphatic rings. The molecule has 1 fully saturated rings. The van der Waals surface area contributed by atoms with Crippen molar-refractivity contribution in [3.05, 3.63) is 10.4 Å². The summed E-state index contributed by atoms with van der Waals surface area (Å²) in [5, 5.41) is 7.21. The van der Waals surface area contributed by atoms with E-state index in [9.17, 15) is 0 Å². The lowest BCUT2D eigenvalue weighted by molar-refractivity contribution is 0.137. The summed E-state index contributed by atoms with van der Waals surface area (Å²) in [4.78, 5) is 2.86. The molecule has 0 spiro atoms. The molecule has 0 aromatic heterocycles. The van der Waals surface area contributed by atoms with Crippen molar-refractivity contribution in [2.45, 2.75) is 44.2 Å². The van der Waals surface area contributed by atoms with Gasteiger partial charge in [0.25, 0.3) is 0 Å². The van der Waals surface area contributed by atoms with Crippen molar-refractivity contribution in [3.8, 4) is 12.3 Å². The fourth-order valence-electron chi connectivity index (χ4n) is 2.04. The third-order valence-corrected chi connectivity index (χ3v) is 2.98. The van der Waals surface area contributed by atoms with E-state index in [1.54, 1.807) is 0 Å². The van der Waals surface area contributed by atoms with E-state index >= 15 is 0 Å². The molecule has 1 saturated carbocycles. The predicted octanol–water partition coefficient (Wildman–Crippen LogP) is 2.24. The second-order valence-corrected chi connectivity index (χ2v) is 4.23. The number of rotatable bonds is 7. The standard InChI is InChI=1S/C12H20N4O/c1-2-3-9-17-10-8-14-11-4-6-12(7-5-11)15-16-13/h1,11-12,14H,3-10H2/t11-,12+. The Kier molecular flexibility index (Phi) is 7.24. The van der Waals surface area contributed by atoms with E-state index in [2.05, 4.69) is 21.3 Å². The van der Waals surface area contributed by atoms with Crippen LogP contribution in [0.5, 0.6) is 0 Å². The van der Waals surface area contributed by atoms with Crippen LogP contribution in [0.15, 0.2) is 5.11 Å². The highest BCUT2D eigenvalue weighted by Crippen LogP contribution is 2.21. The number of azide groups is 1. The third-order valence-electron chi connectivity index (χ3n) is 2.98. The van der Waals surface area contributed by atoms with Gasteiger partial charge in [0.15, 0.2) is 0 Å². The summed E-state index contributed by atoms with van der Waals surface area (Å²) in [6.45, 7) is 2.21. The van der Waals surface area contributed by atoms with Crippen LogP contribution in [0.3, 0.4) is 0 Å². The molecule has 17 heavy (non-hydrogen) atoms. The Morgan fingerprint density at radius 3 is 2.76 bits per heavy atom. The van der Waals surface area contributed by atoms with Crippen LogP contribution in [0.25, 0.3) is 10.4 Å². The zero-order valence-corrected chi connectivity index (χ0v) is 10.1. The molecule has 0 aliphatic heterocycles. The van der Waals surface area contributed by atoms with Crippen LogP contribution in [0.4, 0.5) is 0 Å². The van der Waals surface area contributed by atoms with E-state index in [1.807, 2.05) is 0 Å². The van der Waals surface area contributed by atoms with Crippen molar-refractivity contribution < 1.29 is 4.74 Å². The first-order chi connectivity index (χ1) is 8.36. The van der Waals surface area contributed by atoms with Crippen molar-refractivity contribution in [1.82, 2.24) is 5.32 Å². The number of hydrogen-bond acceptors (Lipinski definition) is 3. The van der Waals surface area contributed by atoms with Crippen LogP contribution in [0.1, 0.15) is 32.1 Å². The maximum absolute atomic E-state index is 8.34. The number of terminal acetylenes is 1. The molecule has 0 amide bonds. The van der Waals surface area contributed by atoms with Gasteiger partial charge < -0.3 is 10.1 Å². The molecule has 0 radical (unpaired) electrons.